The van der Waals surface area contributed by atoms with Crippen molar-refractivity contribution in [2.45, 2.75) is 39.2 Å². The van der Waals surface area contributed by atoms with E-state index in [4.69, 9.17) is 0 Å². The molecule has 104 valence electrons. The SMILES string of the molecule is CCCN(c1cccc(NCC)c1[N+](=O)[O-])C1CC1. The summed E-state index contributed by atoms with van der Waals surface area (Å²) in [6.45, 7) is 5.61. The molecule has 0 unspecified atom stereocenters. The van der Waals surface area contributed by atoms with E-state index in [0.717, 1.165) is 31.5 Å². The van der Waals surface area contributed by atoms with Gasteiger partial charge in [0.15, 0.2) is 0 Å². The molecule has 19 heavy (non-hydrogen) atoms. The van der Waals surface area contributed by atoms with E-state index in [1.807, 2.05) is 19.1 Å². The average Bonchev–Trinajstić information content (AvgIpc) is 3.20. The summed E-state index contributed by atoms with van der Waals surface area (Å²) in [6.07, 6.45) is 3.28. The Hall–Kier alpha value is -1.78. The summed E-state index contributed by atoms with van der Waals surface area (Å²) in [5, 5.41) is 14.5. The third-order valence-corrected chi connectivity index (χ3v) is 3.33. The first-order chi connectivity index (χ1) is 9.19. The smallest absolute Gasteiger partial charge is 0.315 e. The molecule has 1 aliphatic carbocycles. The van der Waals surface area contributed by atoms with E-state index in [9.17, 15) is 10.1 Å². The summed E-state index contributed by atoms with van der Waals surface area (Å²) in [5.41, 5.74) is 1.59. The van der Waals surface area contributed by atoms with Gasteiger partial charge in [0, 0.05) is 19.1 Å². The second kappa shape index (κ2) is 5.91. The second-order valence-electron chi connectivity index (χ2n) is 4.89. The van der Waals surface area contributed by atoms with E-state index in [1.165, 1.54) is 0 Å². The molecule has 0 heterocycles. The van der Waals surface area contributed by atoms with Crippen LogP contribution < -0.4 is 10.2 Å². The van der Waals surface area contributed by atoms with E-state index in [1.54, 1.807) is 6.07 Å². The van der Waals surface area contributed by atoms with Gasteiger partial charge in [-0.2, -0.15) is 0 Å². The number of nitro groups is 1. The van der Waals surface area contributed by atoms with Crippen molar-refractivity contribution in [3.05, 3.63) is 28.3 Å². The van der Waals surface area contributed by atoms with E-state index in [-0.39, 0.29) is 10.6 Å². The zero-order chi connectivity index (χ0) is 13.8. The van der Waals surface area contributed by atoms with Crippen molar-refractivity contribution in [1.29, 1.82) is 0 Å². The predicted molar refractivity (Wildman–Crippen MR) is 77.9 cm³/mol. The van der Waals surface area contributed by atoms with Gasteiger partial charge in [-0.1, -0.05) is 13.0 Å². The van der Waals surface area contributed by atoms with Gasteiger partial charge in [0.25, 0.3) is 0 Å². The Bertz CT molecular complexity index is 458. The number of nitrogens with zero attached hydrogens (tertiary/aromatic N) is 2. The largest absolute Gasteiger partial charge is 0.380 e. The molecule has 0 aromatic heterocycles. The third kappa shape index (κ3) is 2.97. The lowest BCUT2D eigenvalue weighted by molar-refractivity contribution is -0.383. The van der Waals surface area contributed by atoms with Crippen LogP contribution in [0.15, 0.2) is 18.2 Å². The topological polar surface area (TPSA) is 58.4 Å². The minimum atomic E-state index is -0.266. The van der Waals surface area contributed by atoms with Gasteiger partial charge in [0.05, 0.1) is 4.92 Å². The highest BCUT2D eigenvalue weighted by atomic mass is 16.6. The number of nitrogens with one attached hydrogen (secondary N) is 1. The molecule has 1 fully saturated rings. The minimum Gasteiger partial charge on any atom is -0.380 e. The first-order valence-corrected chi connectivity index (χ1v) is 6.97. The van der Waals surface area contributed by atoms with Crippen LogP contribution in [-0.2, 0) is 0 Å². The van der Waals surface area contributed by atoms with Crippen LogP contribution in [0.4, 0.5) is 17.1 Å². The summed E-state index contributed by atoms with van der Waals surface area (Å²) in [7, 11) is 0. The fourth-order valence-corrected chi connectivity index (χ4v) is 2.41. The fraction of sp³-hybridized carbons (Fsp3) is 0.571. The predicted octanol–water partition coefficient (Wildman–Crippen LogP) is 3.41. The standard InChI is InChI=1S/C14H21N3O2/c1-3-10-16(11-8-9-11)13-7-5-6-12(15-4-2)14(13)17(18)19/h5-7,11,15H,3-4,8-10H2,1-2H3. The van der Waals surface area contributed by atoms with Crippen LogP contribution in [0.2, 0.25) is 0 Å². The van der Waals surface area contributed by atoms with Crippen LogP contribution in [0.3, 0.4) is 0 Å². The zero-order valence-electron chi connectivity index (χ0n) is 11.6. The molecule has 0 spiro atoms. The average molecular weight is 263 g/mol. The monoisotopic (exact) mass is 263 g/mol. The second-order valence-corrected chi connectivity index (χ2v) is 4.89. The molecule has 2 rings (SSSR count). The Morgan fingerprint density at radius 1 is 1.42 bits per heavy atom. The van der Waals surface area contributed by atoms with Gasteiger partial charge >= 0.3 is 5.69 Å². The first-order valence-electron chi connectivity index (χ1n) is 6.97. The highest BCUT2D eigenvalue weighted by molar-refractivity contribution is 5.77. The molecule has 0 amide bonds. The molecule has 0 radical (unpaired) electrons. The summed E-state index contributed by atoms with van der Waals surface area (Å²) >= 11 is 0. The molecule has 1 N–H and O–H groups in total. The summed E-state index contributed by atoms with van der Waals surface area (Å²) < 4.78 is 0. The van der Waals surface area contributed by atoms with E-state index < -0.39 is 0 Å². The van der Waals surface area contributed by atoms with Crippen molar-refractivity contribution in [2.75, 3.05) is 23.3 Å². The molecule has 0 bridgehead atoms. The van der Waals surface area contributed by atoms with Gasteiger partial charge in [-0.3, -0.25) is 10.1 Å². The Kier molecular flexibility index (Phi) is 4.24. The fourth-order valence-electron chi connectivity index (χ4n) is 2.41. The maximum atomic E-state index is 11.4. The van der Waals surface area contributed by atoms with Gasteiger partial charge in [-0.15, -0.1) is 0 Å². The van der Waals surface area contributed by atoms with Crippen molar-refractivity contribution in [3.63, 3.8) is 0 Å². The molecule has 0 atom stereocenters. The maximum absolute atomic E-state index is 11.4. The number of hydrogen-bond acceptors (Lipinski definition) is 4. The van der Waals surface area contributed by atoms with Crippen LogP contribution in [0.25, 0.3) is 0 Å². The molecular formula is C14H21N3O2. The highest BCUT2D eigenvalue weighted by Gasteiger charge is 2.33. The molecule has 1 aliphatic rings. The Morgan fingerprint density at radius 2 is 2.16 bits per heavy atom. The number of para-hydroxylation sites is 1. The van der Waals surface area contributed by atoms with Gasteiger partial charge in [0.2, 0.25) is 0 Å². The molecule has 0 aliphatic heterocycles. The molecule has 1 aromatic carbocycles. The highest BCUT2D eigenvalue weighted by Crippen LogP contribution is 2.40. The summed E-state index contributed by atoms with van der Waals surface area (Å²) in [4.78, 5) is 13.3. The summed E-state index contributed by atoms with van der Waals surface area (Å²) in [5.74, 6) is 0. The van der Waals surface area contributed by atoms with Crippen LogP contribution in [-0.4, -0.2) is 24.1 Å². The van der Waals surface area contributed by atoms with Crippen LogP contribution in [0.5, 0.6) is 0 Å². The van der Waals surface area contributed by atoms with Gasteiger partial charge < -0.3 is 10.2 Å². The van der Waals surface area contributed by atoms with E-state index in [2.05, 4.69) is 17.1 Å². The lowest BCUT2D eigenvalue weighted by Crippen LogP contribution is -2.27. The van der Waals surface area contributed by atoms with E-state index in [0.29, 0.717) is 18.3 Å². The molecule has 1 aromatic rings. The number of anilines is 2. The minimum absolute atomic E-state index is 0.213. The van der Waals surface area contributed by atoms with Gasteiger partial charge in [0.1, 0.15) is 11.4 Å². The lowest BCUT2D eigenvalue weighted by atomic mass is 10.2. The molecular weight excluding hydrogens is 242 g/mol. The Labute approximate surface area is 113 Å². The third-order valence-electron chi connectivity index (χ3n) is 3.33. The molecule has 5 heteroatoms. The first kappa shape index (κ1) is 13.6. The molecule has 0 saturated heterocycles. The number of rotatable bonds is 7. The lowest BCUT2D eigenvalue weighted by Gasteiger charge is -2.24. The number of nitro benzene ring substituents is 1. The number of benzene rings is 1. The van der Waals surface area contributed by atoms with Crippen molar-refractivity contribution in [3.8, 4) is 0 Å². The maximum Gasteiger partial charge on any atom is 0.315 e. The number of hydrogen-bond donors (Lipinski definition) is 1. The molecule has 5 nitrogen and oxygen atoms in total. The van der Waals surface area contributed by atoms with Crippen molar-refractivity contribution in [1.82, 2.24) is 0 Å². The van der Waals surface area contributed by atoms with Gasteiger partial charge in [-0.25, -0.2) is 0 Å². The van der Waals surface area contributed by atoms with Crippen LogP contribution >= 0.6 is 0 Å². The van der Waals surface area contributed by atoms with Crippen LogP contribution in [0.1, 0.15) is 33.1 Å². The van der Waals surface area contributed by atoms with Gasteiger partial charge in [-0.05, 0) is 38.3 Å². The van der Waals surface area contributed by atoms with Crippen LogP contribution in [0, 0.1) is 10.1 Å². The van der Waals surface area contributed by atoms with Crippen molar-refractivity contribution < 1.29 is 4.92 Å². The van der Waals surface area contributed by atoms with Crippen molar-refractivity contribution in [2.24, 2.45) is 0 Å². The normalized spacial score (nSPS) is 14.2. The molecule has 1 saturated carbocycles. The Balaban J connectivity index is 2.41. The van der Waals surface area contributed by atoms with E-state index >= 15 is 0 Å². The zero-order valence-corrected chi connectivity index (χ0v) is 11.6. The Morgan fingerprint density at radius 3 is 2.68 bits per heavy atom. The quantitative estimate of drug-likeness (QED) is 0.605. The summed E-state index contributed by atoms with van der Waals surface area (Å²) in [6, 6.07) is 6.02. The van der Waals surface area contributed by atoms with Crippen molar-refractivity contribution >= 4 is 17.1 Å².